The minimum absolute atomic E-state index is 0.00141. The van der Waals surface area contributed by atoms with Crippen molar-refractivity contribution in [2.24, 2.45) is 0 Å². The third kappa shape index (κ3) is 2.12. The molecule has 4 N–H and O–H groups in total. The van der Waals surface area contributed by atoms with Crippen molar-refractivity contribution in [1.29, 1.82) is 0 Å². The standard InChI is InChI=1S/C11H13N5O4S/c12-8-2-1-7(5-13-8)21(19,20)16-4-3-11(6-16)9(17)14-10(18)15-11/h1-2,5H,3-4,6H2,(H2,12,13)(H2,14,15,17,18). The number of carbonyl (C=O) groups excluding carboxylic acids is 2. The van der Waals surface area contributed by atoms with Crippen LogP contribution in [0.4, 0.5) is 10.6 Å². The van der Waals surface area contributed by atoms with Crippen LogP contribution in [0.2, 0.25) is 0 Å². The SMILES string of the molecule is Nc1ccc(S(=O)(=O)N2CCC3(C2)NC(=O)NC3=O)cn1. The van der Waals surface area contributed by atoms with Crippen molar-refractivity contribution in [1.82, 2.24) is 19.9 Å². The zero-order valence-corrected chi connectivity index (χ0v) is 11.7. The predicted molar refractivity (Wildman–Crippen MR) is 71.4 cm³/mol. The second kappa shape index (κ2) is 4.40. The lowest BCUT2D eigenvalue weighted by molar-refractivity contribution is -0.123. The summed E-state index contributed by atoms with van der Waals surface area (Å²) in [7, 11) is -3.78. The first-order valence-corrected chi connectivity index (χ1v) is 7.63. The van der Waals surface area contributed by atoms with Crippen molar-refractivity contribution >= 4 is 27.8 Å². The molecule has 2 aliphatic heterocycles. The van der Waals surface area contributed by atoms with E-state index < -0.39 is 27.5 Å². The maximum absolute atomic E-state index is 12.5. The monoisotopic (exact) mass is 311 g/mol. The largest absolute Gasteiger partial charge is 0.384 e. The molecule has 21 heavy (non-hydrogen) atoms. The van der Waals surface area contributed by atoms with Crippen LogP contribution in [0.1, 0.15) is 6.42 Å². The zero-order chi connectivity index (χ0) is 15.3. The summed E-state index contributed by atoms with van der Waals surface area (Å²) in [5.74, 6) is -0.282. The fraction of sp³-hybridized carbons (Fsp3) is 0.364. The number of sulfonamides is 1. The average molecular weight is 311 g/mol. The Morgan fingerprint density at radius 3 is 2.67 bits per heavy atom. The number of nitrogen functional groups attached to an aromatic ring is 1. The van der Waals surface area contributed by atoms with E-state index >= 15 is 0 Å². The summed E-state index contributed by atoms with van der Waals surface area (Å²) in [6, 6.07) is 2.15. The number of imide groups is 1. The molecule has 0 saturated carbocycles. The minimum atomic E-state index is -3.78. The smallest absolute Gasteiger partial charge is 0.322 e. The average Bonchev–Trinajstić information content (AvgIpc) is 2.96. The summed E-state index contributed by atoms with van der Waals surface area (Å²) < 4.78 is 26.1. The normalized spacial score (nSPS) is 26.1. The van der Waals surface area contributed by atoms with Gasteiger partial charge < -0.3 is 11.1 Å². The van der Waals surface area contributed by atoms with Gasteiger partial charge in [0, 0.05) is 19.3 Å². The van der Waals surface area contributed by atoms with Gasteiger partial charge in [-0.15, -0.1) is 0 Å². The number of nitrogens with one attached hydrogen (secondary N) is 2. The van der Waals surface area contributed by atoms with E-state index in [0.29, 0.717) is 0 Å². The summed E-state index contributed by atoms with van der Waals surface area (Å²) in [6.45, 7) is 0.0394. The molecule has 2 fully saturated rings. The Morgan fingerprint density at radius 1 is 1.33 bits per heavy atom. The molecular weight excluding hydrogens is 298 g/mol. The Bertz CT molecular complexity index is 717. The second-order valence-corrected chi connectivity index (χ2v) is 6.94. The molecule has 3 heterocycles. The van der Waals surface area contributed by atoms with Crippen LogP contribution in [0, 0.1) is 0 Å². The molecule has 2 saturated heterocycles. The Balaban J connectivity index is 1.87. The van der Waals surface area contributed by atoms with E-state index in [0.717, 1.165) is 4.31 Å². The van der Waals surface area contributed by atoms with Crippen molar-refractivity contribution < 1.29 is 18.0 Å². The Morgan fingerprint density at radius 2 is 2.10 bits per heavy atom. The van der Waals surface area contributed by atoms with Gasteiger partial charge in [0.1, 0.15) is 16.3 Å². The van der Waals surface area contributed by atoms with E-state index in [4.69, 9.17) is 5.73 Å². The first-order valence-electron chi connectivity index (χ1n) is 6.19. The number of nitrogens with zero attached hydrogens (tertiary/aromatic N) is 2. The van der Waals surface area contributed by atoms with Gasteiger partial charge in [0.2, 0.25) is 10.0 Å². The van der Waals surface area contributed by atoms with E-state index in [1.165, 1.54) is 18.3 Å². The lowest BCUT2D eigenvalue weighted by Crippen LogP contribution is -2.49. The summed E-state index contributed by atoms with van der Waals surface area (Å²) in [5.41, 5.74) is 4.26. The number of anilines is 1. The number of urea groups is 1. The van der Waals surface area contributed by atoms with Gasteiger partial charge in [0.15, 0.2) is 0 Å². The second-order valence-electron chi connectivity index (χ2n) is 5.00. The van der Waals surface area contributed by atoms with Gasteiger partial charge >= 0.3 is 6.03 Å². The fourth-order valence-electron chi connectivity index (χ4n) is 2.49. The Kier molecular flexibility index (Phi) is 2.88. The van der Waals surface area contributed by atoms with Crippen LogP contribution in [-0.4, -0.2) is 48.3 Å². The highest BCUT2D eigenvalue weighted by Gasteiger charge is 2.53. The van der Waals surface area contributed by atoms with E-state index in [-0.39, 0.29) is 30.2 Å². The number of pyridine rings is 1. The summed E-state index contributed by atoms with van der Waals surface area (Å²) in [4.78, 5) is 26.8. The van der Waals surface area contributed by atoms with Crippen molar-refractivity contribution in [3.8, 4) is 0 Å². The van der Waals surface area contributed by atoms with Gasteiger partial charge in [-0.25, -0.2) is 18.2 Å². The maximum Gasteiger partial charge on any atom is 0.322 e. The molecule has 1 spiro atoms. The van der Waals surface area contributed by atoms with Gasteiger partial charge in [0.25, 0.3) is 5.91 Å². The number of amides is 3. The maximum atomic E-state index is 12.5. The zero-order valence-electron chi connectivity index (χ0n) is 10.9. The van der Waals surface area contributed by atoms with Crippen molar-refractivity contribution in [3.05, 3.63) is 18.3 Å². The highest BCUT2D eigenvalue weighted by molar-refractivity contribution is 7.89. The van der Waals surface area contributed by atoms with Crippen LogP contribution in [0.5, 0.6) is 0 Å². The summed E-state index contributed by atoms with van der Waals surface area (Å²) >= 11 is 0. The number of aromatic nitrogens is 1. The quantitative estimate of drug-likeness (QED) is 0.577. The van der Waals surface area contributed by atoms with E-state index in [1.54, 1.807) is 0 Å². The fourth-order valence-corrected chi connectivity index (χ4v) is 3.93. The summed E-state index contributed by atoms with van der Waals surface area (Å²) in [5, 5.41) is 4.63. The molecule has 1 aromatic rings. The number of nitrogens with two attached hydrogens (primary N) is 1. The van der Waals surface area contributed by atoms with Crippen molar-refractivity contribution in [2.75, 3.05) is 18.8 Å². The molecule has 0 radical (unpaired) electrons. The number of hydrogen-bond donors (Lipinski definition) is 3. The topological polar surface area (TPSA) is 134 Å². The van der Waals surface area contributed by atoms with Crippen LogP contribution in [0.3, 0.4) is 0 Å². The van der Waals surface area contributed by atoms with Crippen LogP contribution in [0.25, 0.3) is 0 Å². The molecule has 3 amide bonds. The van der Waals surface area contributed by atoms with Crippen LogP contribution in [-0.2, 0) is 14.8 Å². The number of hydrogen-bond acceptors (Lipinski definition) is 6. The Labute approximate surface area is 120 Å². The molecule has 2 aliphatic rings. The van der Waals surface area contributed by atoms with Gasteiger partial charge in [-0.2, -0.15) is 4.31 Å². The third-order valence-corrected chi connectivity index (χ3v) is 5.47. The summed E-state index contributed by atoms with van der Waals surface area (Å²) in [6.07, 6.45) is 1.40. The molecule has 1 atom stereocenters. The molecule has 1 unspecified atom stereocenters. The van der Waals surface area contributed by atoms with Crippen molar-refractivity contribution in [3.63, 3.8) is 0 Å². The molecule has 3 rings (SSSR count). The van der Waals surface area contributed by atoms with Gasteiger partial charge in [-0.05, 0) is 18.6 Å². The first kappa shape index (κ1) is 13.8. The van der Waals surface area contributed by atoms with Crippen molar-refractivity contribution in [2.45, 2.75) is 16.9 Å². The third-order valence-electron chi connectivity index (χ3n) is 3.65. The highest BCUT2D eigenvalue weighted by atomic mass is 32.2. The molecule has 0 aromatic carbocycles. The lowest BCUT2D eigenvalue weighted by Gasteiger charge is -2.20. The van der Waals surface area contributed by atoms with Gasteiger partial charge in [-0.1, -0.05) is 0 Å². The van der Waals surface area contributed by atoms with Gasteiger partial charge in [-0.3, -0.25) is 10.1 Å². The molecule has 1 aromatic heterocycles. The highest BCUT2D eigenvalue weighted by Crippen LogP contribution is 2.29. The predicted octanol–water partition coefficient (Wildman–Crippen LogP) is -1.36. The molecule has 0 bridgehead atoms. The number of rotatable bonds is 2. The van der Waals surface area contributed by atoms with Crippen LogP contribution < -0.4 is 16.4 Å². The molecular formula is C11H13N5O4S. The minimum Gasteiger partial charge on any atom is -0.384 e. The van der Waals surface area contributed by atoms with E-state index in [9.17, 15) is 18.0 Å². The first-order chi connectivity index (χ1) is 9.83. The number of carbonyl (C=O) groups is 2. The van der Waals surface area contributed by atoms with Crippen LogP contribution in [0.15, 0.2) is 23.2 Å². The lowest BCUT2D eigenvalue weighted by atomic mass is 10.00. The Hall–Kier alpha value is -2.20. The molecule has 10 heteroatoms. The molecule has 112 valence electrons. The molecule has 0 aliphatic carbocycles. The molecule has 9 nitrogen and oxygen atoms in total. The van der Waals surface area contributed by atoms with Crippen LogP contribution >= 0.6 is 0 Å². The van der Waals surface area contributed by atoms with E-state index in [2.05, 4.69) is 15.6 Å². The van der Waals surface area contributed by atoms with E-state index in [1.807, 2.05) is 0 Å². The van der Waals surface area contributed by atoms with Gasteiger partial charge in [0.05, 0.1) is 0 Å².